The highest BCUT2D eigenvalue weighted by atomic mass is 32.2. The minimum Gasteiger partial charge on any atom is -0.383 e. The Hall–Kier alpha value is -4.10. The SMILES string of the molecule is C=Cc1cc(-c2ccc3c(c2)Sc2cc(-c4cnc(N)c(C=N)c4)ccc2N3CC)cnc1N. The van der Waals surface area contributed by atoms with Gasteiger partial charge in [0.15, 0.2) is 0 Å². The third-order valence-corrected chi connectivity index (χ3v) is 7.07. The molecule has 0 unspecified atom stereocenters. The Morgan fingerprint density at radius 3 is 1.88 bits per heavy atom. The number of hydrogen-bond acceptors (Lipinski definition) is 7. The van der Waals surface area contributed by atoms with E-state index in [0.717, 1.165) is 34.4 Å². The van der Waals surface area contributed by atoms with Gasteiger partial charge in [-0.15, -0.1) is 0 Å². The first-order chi connectivity index (χ1) is 16.5. The van der Waals surface area contributed by atoms with Gasteiger partial charge in [-0.05, 0) is 54.4 Å². The molecule has 4 aromatic rings. The van der Waals surface area contributed by atoms with Crippen LogP contribution in [-0.4, -0.2) is 22.7 Å². The molecule has 34 heavy (non-hydrogen) atoms. The molecule has 0 bridgehead atoms. The fourth-order valence-corrected chi connectivity index (χ4v) is 5.34. The van der Waals surface area contributed by atoms with Crippen LogP contribution in [0, 0.1) is 5.41 Å². The predicted octanol–water partition coefficient (Wildman–Crippen LogP) is 6.24. The normalized spacial score (nSPS) is 12.1. The molecular formula is C27H24N6S. The van der Waals surface area contributed by atoms with Crippen LogP contribution in [0.5, 0.6) is 0 Å². The number of nitrogens with two attached hydrogens (primary N) is 2. The van der Waals surface area contributed by atoms with Gasteiger partial charge in [-0.2, -0.15) is 0 Å². The highest BCUT2D eigenvalue weighted by molar-refractivity contribution is 7.99. The van der Waals surface area contributed by atoms with Gasteiger partial charge in [-0.3, -0.25) is 0 Å². The monoisotopic (exact) mass is 464 g/mol. The Labute approximate surface area is 202 Å². The van der Waals surface area contributed by atoms with E-state index < -0.39 is 0 Å². The molecule has 3 heterocycles. The Balaban J connectivity index is 1.56. The van der Waals surface area contributed by atoms with E-state index in [1.165, 1.54) is 27.4 Å². The molecule has 6 nitrogen and oxygen atoms in total. The maximum absolute atomic E-state index is 7.58. The number of nitrogen functional groups attached to an aromatic ring is 2. The summed E-state index contributed by atoms with van der Waals surface area (Å²) in [6.45, 7) is 6.85. The molecular weight excluding hydrogens is 440 g/mol. The van der Waals surface area contributed by atoms with Crippen LogP contribution in [0.1, 0.15) is 18.1 Å². The fraction of sp³-hybridized carbons (Fsp3) is 0.0741. The van der Waals surface area contributed by atoms with Gasteiger partial charge in [0.2, 0.25) is 0 Å². The van der Waals surface area contributed by atoms with Crippen LogP contribution in [0.4, 0.5) is 23.0 Å². The van der Waals surface area contributed by atoms with E-state index in [1.807, 2.05) is 12.1 Å². The summed E-state index contributed by atoms with van der Waals surface area (Å²) < 4.78 is 0. The van der Waals surface area contributed by atoms with Crippen molar-refractivity contribution in [3.63, 3.8) is 0 Å². The van der Waals surface area contributed by atoms with Crippen LogP contribution in [0.2, 0.25) is 0 Å². The Kier molecular flexibility index (Phi) is 5.55. The lowest BCUT2D eigenvalue weighted by atomic mass is 10.0. The second-order valence-electron chi connectivity index (χ2n) is 7.96. The Morgan fingerprint density at radius 1 is 0.853 bits per heavy atom. The molecule has 0 radical (unpaired) electrons. The van der Waals surface area contributed by atoms with Crippen LogP contribution in [0.3, 0.4) is 0 Å². The molecule has 5 N–H and O–H groups in total. The molecule has 5 rings (SSSR count). The van der Waals surface area contributed by atoms with Gasteiger partial charge in [-0.25, -0.2) is 9.97 Å². The van der Waals surface area contributed by atoms with Crippen molar-refractivity contribution in [1.29, 1.82) is 5.41 Å². The van der Waals surface area contributed by atoms with E-state index in [9.17, 15) is 0 Å². The van der Waals surface area contributed by atoms with Crippen molar-refractivity contribution in [2.24, 2.45) is 0 Å². The second kappa shape index (κ2) is 8.68. The first-order valence-electron chi connectivity index (χ1n) is 10.9. The summed E-state index contributed by atoms with van der Waals surface area (Å²) in [6, 6.07) is 16.8. The van der Waals surface area contributed by atoms with Gasteiger partial charge in [0, 0.05) is 57.2 Å². The topological polar surface area (TPSA) is 105 Å². The Morgan fingerprint density at radius 2 is 1.38 bits per heavy atom. The molecule has 0 saturated carbocycles. The van der Waals surface area contributed by atoms with Crippen molar-refractivity contribution in [2.45, 2.75) is 16.7 Å². The number of anilines is 4. The maximum atomic E-state index is 7.58. The van der Waals surface area contributed by atoms with Crippen LogP contribution in [-0.2, 0) is 0 Å². The molecule has 0 spiro atoms. The lowest BCUT2D eigenvalue weighted by molar-refractivity contribution is 0.980. The molecule has 7 heteroatoms. The number of benzene rings is 2. The predicted molar refractivity (Wildman–Crippen MR) is 143 cm³/mol. The molecule has 0 aliphatic carbocycles. The lowest BCUT2D eigenvalue weighted by Gasteiger charge is -2.32. The fourth-order valence-electron chi connectivity index (χ4n) is 4.17. The van der Waals surface area contributed by atoms with E-state index in [4.69, 9.17) is 16.9 Å². The highest BCUT2D eigenvalue weighted by Crippen LogP contribution is 2.50. The minimum atomic E-state index is 0.362. The minimum absolute atomic E-state index is 0.362. The van der Waals surface area contributed by atoms with Crippen molar-refractivity contribution in [2.75, 3.05) is 22.9 Å². The summed E-state index contributed by atoms with van der Waals surface area (Å²) in [5.74, 6) is 0.842. The van der Waals surface area contributed by atoms with Crippen molar-refractivity contribution in [3.05, 3.63) is 78.6 Å². The summed E-state index contributed by atoms with van der Waals surface area (Å²) in [5, 5.41) is 7.58. The summed E-state index contributed by atoms with van der Waals surface area (Å²) in [7, 11) is 0. The van der Waals surface area contributed by atoms with Crippen molar-refractivity contribution < 1.29 is 0 Å². The standard InChI is InChI=1S/C27H24N6S/c1-3-16-9-20(14-31-26(16)29)17-5-7-22-24(11-17)34-25-12-18(6-8-23(25)33(22)4-2)21-10-19(13-28)27(30)32-15-21/h3,5-15,28H,1,4H2,2H3,(H2,29,31)(H2,30,32). The molecule has 1 aliphatic rings. The molecule has 2 aromatic heterocycles. The zero-order chi connectivity index (χ0) is 23.8. The van der Waals surface area contributed by atoms with Crippen LogP contribution in [0.25, 0.3) is 28.3 Å². The number of fused-ring (bicyclic) bond motifs is 2. The largest absolute Gasteiger partial charge is 0.383 e. The van der Waals surface area contributed by atoms with Gasteiger partial charge in [0.1, 0.15) is 11.6 Å². The summed E-state index contributed by atoms with van der Waals surface area (Å²) >= 11 is 1.75. The van der Waals surface area contributed by atoms with Gasteiger partial charge >= 0.3 is 0 Å². The van der Waals surface area contributed by atoms with Crippen LogP contribution in [0.15, 0.2) is 77.3 Å². The van der Waals surface area contributed by atoms with E-state index in [0.29, 0.717) is 17.2 Å². The lowest BCUT2D eigenvalue weighted by Crippen LogP contribution is -2.20. The van der Waals surface area contributed by atoms with Gasteiger partial charge < -0.3 is 21.8 Å². The first kappa shape index (κ1) is 21.7. The average Bonchev–Trinajstić information content (AvgIpc) is 2.87. The second-order valence-corrected chi connectivity index (χ2v) is 9.04. The van der Waals surface area contributed by atoms with E-state index in [1.54, 1.807) is 30.2 Å². The highest BCUT2D eigenvalue weighted by Gasteiger charge is 2.23. The van der Waals surface area contributed by atoms with Crippen molar-refractivity contribution in [3.8, 4) is 22.3 Å². The third-order valence-electron chi connectivity index (χ3n) is 5.98. The summed E-state index contributed by atoms with van der Waals surface area (Å²) in [6.07, 6.45) is 6.52. The quantitative estimate of drug-likeness (QED) is 0.302. The smallest absolute Gasteiger partial charge is 0.132 e. The molecule has 0 fully saturated rings. The van der Waals surface area contributed by atoms with Gasteiger partial charge in [-0.1, -0.05) is 36.5 Å². The molecule has 0 amide bonds. The first-order valence-corrected chi connectivity index (χ1v) is 11.7. The number of pyridine rings is 2. The molecule has 2 aromatic carbocycles. The number of nitrogens with zero attached hydrogens (tertiary/aromatic N) is 3. The Bertz CT molecular complexity index is 1340. The molecule has 1 aliphatic heterocycles. The summed E-state index contributed by atoms with van der Waals surface area (Å²) in [4.78, 5) is 13.3. The zero-order valence-electron chi connectivity index (χ0n) is 18.7. The average molecular weight is 465 g/mol. The molecule has 0 atom stereocenters. The molecule has 168 valence electrons. The van der Waals surface area contributed by atoms with E-state index in [-0.39, 0.29) is 0 Å². The van der Waals surface area contributed by atoms with E-state index in [2.05, 4.69) is 64.8 Å². The zero-order valence-corrected chi connectivity index (χ0v) is 19.6. The number of rotatable bonds is 5. The maximum Gasteiger partial charge on any atom is 0.132 e. The van der Waals surface area contributed by atoms with Crippen molar-refractivity contribution >= 4 is 47.1 Å². The number of nitrogens with one attached hydrogen (secondary N) is 1. The van der Waals surface area contributed by atoms with Gasteiger partial charge in [0.05, 0.1) is 11.4 Å². The third kappa shape index (κ3) is 3.70. The van der Waals surface area contributed by atoms with Crippen LogP contribution < -0.4 is 16.4 Å². The van der Waals surface area contributed by atoms with E-state index >= 15 is 0 Å². The van der Waals surface area contributed by atoms with Gasteiger partial charge in [0.25, 0.3) is 0 Å². The summed E-state index contributed by atoms with van der Waals surface area (Å²) in [5.41, 5.74) is 19.7. The number of aromatic nitrogens is 2. The van der Waals surface area contributed by atoms with Crippen LogP contribution >= 0.6 is 11.8 Å². The van der Waals surface area contributed by atoms with Crippen molar-refractivity contribution in [1.82, 2.24) is 9.97 Å². The number of hydrogen-bond donors (Lipinski definition) is 3. The molecule has 0 saturated heterocycles.